The van der Waals surface area contributed by atoms with E-state index in [0.29, 0.717) is 23.0 Å². The fourth-order valence-electron chi connectivity index (χ4n) is 2.51. The monoisotopic (exact) mass is 355 g/mol. The summed E-state index contributed by atoms with van der Waals surface area (Å²) in [7, 11) is 0. The van der Waals surface area contributed by atoms with Gasteiger partial charge in [-0.2, -0.15) is 0 Å². The van der Waals surface area contributed by atoms with Crippen molar-refractivity contribution >= 4 is 29.1 Å². The van der Waals surface area contributed by atoms with Crippen molar-refractivity contribution in [3.8, 4) is 0 Å². The lowest BCUT2D eigenvalue weighted by molar-refractivity contribution is -0.114. The van der Waals surface area contributed by atoms with Gasteiger partial charge >= 0.3 is 0 Å². The van der Waals surface area contributed by atoms with Crippen LogP contribution in [0, 0.1) is 0 Å². The van der Waals surface area contributed by atoms with Crippen LogP contribution in [0.2, 0.25) is 0 Å². The third-order valence-corrected chi connectivity index (χ3v) is 3.61. The van der Waals surface area contributed by atoms with E-state index in [1.165, 1.54) is 6.92 Å². The molecule has 26 heavy (non-hydrogen) atoms. The Labute approximate surface area is 153 Å². The number of hydrogen-bond acceptors (Lipinski definition) is 5. The van der Waals surface area contributed by atoms with E-state index in [1.807, 2.05) is 0 Å². The minimum atomic E-state index is -0.297. The normalized spacial score (nSPS) is 10.3. The predicted octanol–water partition coefficient (Wildman–Crippen LogP) is 3.31. The van der Waals surface area contributed by atoms with E-state index in [4.69, 9.17) is 0 Å². The molecule has 138 valence electrons. The van der Waals surface area contributed by atoms with E-state index in [1.54, 1.807) is 36.5 Å². The minimum Gasteiger partial charge on any atom is -0.341 e. The summed E-state index contributed by atoms with van der Waals surface area (Å²) in [4.78, 5) is 34.3. The highest BCUT2D eigenvalue weighted by atomic mass is 16.2. The SMILES string of the molecule is CCCN(CCC)c1nccc(C(=O)Nc2ccc(NC(C)=O)cc2)n1. The standard InChI is InChI=1S/C19H25N5O2/c1-4-12-24(13-5-2)19-20-11-10-17(23-19)18(26)22-16-8-6-15(7-9-16)21-14(3)25/h6-11H,4-5,12-13H2,1-3H3,(H,21,25)(H,22,26). The largest absolute Gasteiger partial charge is 0.341 e. The number of carbonyl (C=O) groups is 2. The molecule has 2 amide bonds. The number of nitrogens with one attached hydrogen (secondary N) is 2. The molecular formula is C19H25N5O2. The molecule has 2 rings (SSSR count). The molecular weight excluding hydrogens is 330 g/mol. The van der Waals surface area contributed by atoms with E-state index in [9.17, 15) is 9.59 Å². The first-order valence-electron chi connectivity index (χ1n) is 8.80. The van der Waals surface area contributed by atoms with Crippen molar-refractivity contribution in [2.24, 2.45) is 0 Å². The molecule has 0 spiro atoms. The van der Waals surface area contributed by atoms with Crippen LogP contribution in [0.1, 0.15) is 44.1 Å². The first-order valence-corrected chi connectivity index (χ1v) is 8.80. The lowest BCUT2D eigenvalue weighted by Gasteiger charge is -2.21. The summed E-state index contributed by atoms with van der Waals surface area (Å²) >= 11 is 0. The van der Waals surface area contributed by atoms with Crippen molar-refractivity contribution in [3.05, 3.63) is 42.2 Å². The maximum absolute atomic E-state index is 12.5. The summed E-state index contributed by atoms with van der Waals surface area (Å²) in [5, 5.41) is 5.49. The molecule has 0 unspecified atom stereocenters. The van der Waals surface area contributed by atoms with Crippen LogP contribution in [-0.4, -0.2) is 34.9 Å². The summed E-state index contributed by atoms with van der Waals surface area (Å²) in [6, 6.07) is 8.51. The Kier molecular flexibility index (Phi) is 7.08. The van der Waals surface area contributed by atoms with Crippen molar-refractivity contribution in [1.29, 1.82) is 0 Å². The van der Waals surface area contributed by atoms with Crippen LogP contribution in [0.25, 0.3) is 0 Å². The summed E-state index contributed by atoms with van der Waals surface area (Å²) in [5.41, 5.74) is 1.62. The van der Waals surface area contributed by atoms with E-state index >= 15 is 0 Å². The van der Waals surface area contributed by atoms with Gasteiger partial charge in [0.05, 0.1) is 0 Å². The van der Waals surface area contributed by atoms with Gasteiger partial charge in [-0.25, -0.2) is 9.97 Å². The molecule has 2 N–H and O–H groups in total. The maximum Gasteiger partial charge on any atom is 0.274 e. The van der Waals surface area contributed by atoms with Crippen LogP contribution < -0.4 is 15.5 Å². The number of amides is 2. The molecule has 0 radical (unpaired) electrons. The number of anilines is 3. The highest BCUT2D eigenvalue weighted by Gasteiger charge is 2.13. The van der Waals surface area contributed by atoms with Crippen molar-refractivity contribution < 1.29 is 9.59 Å². The lowest BCUT2D eigenvalue weighted by atomic mass is 10.2. The zero-order chi connectivity index (χ0) is 18.9. The second kappa shape index (κ2) is 9.50. The first kappa shape index (κ1) is 19.4. The summed E-state index contributed by atoms with van der Waals surface area (Å²) in [6.45, 7) is 7.35. The quantitative estimate of drug-likeness (QED) is 0.758. The average molecular weight is 355 g/mol. The third kappa shape index (κ3) is 5.54. The van der Waals surface area contributed by atoms with Crippen LogP contribution in [0.15, 0.2) is 36.5 Å². The topological polar surface area (TPSA) is 87.2 Å². The Balaban J connectivity index is 2.09. The van der Waals surface area contributed by atoms with E-state index < -0.39 is 0 Å². The van der Waals surface area contributed by atoms with Gasteiger partial charge in [-0.3, -0.25) is 9.59 Å². The van der Waals surface area contributed by atoms with E-state index in [2.05, 4.69) is 39.3 Å². The molecule has 0 atom stereocenters. The molecule has 0 saturated carbocycles. The fourth-order valence-corrected chi connectivity index (χ4v) is 2.51. The van der Waals surface area contributed by atoms with Crippen LogP contribution >= 0.6 is 0 Å². The molecule has 7 heteroatoms. The molecule has 0 aliphatic carbocycles. The molecule has 1 aromatic heterocycles. The zero-order valence-electron chi connectivity index (χ0n) is 15.5. The molecule has 0 aliphatic rings. The number of rotatable bonds is 8. The van der Waals surface area contributed by atoms with E-state index in [-0.39, 0.29) is 11.8 Å². The lowest BCUT2D eigenvalue weighted by Crippen LogP contribution is -2.27. The van der Waals surface area contributed by atoms with Gasteiger partial charge in [0.15, 0.2) is 0 Å². The molecule has 1 heterocycles. The Morgan fingerprint density at radius 3 is 2.08 bits per heavy atom. The summed E-state index contributed by atoms with van der Waals surface area (Å²) in [6.07, 6.45) is 3.58. The smallest absolute Gasteiger partial charge is 0.274 e. The molecule has 7 nitrogen and oxygen atoms in total. The molecule has 0 fully saturated rings. The minimum absolute atomic E-state index is 0.140. The number of benzene rings is 1. The van der Waals surface area contributed by atoms with Gasteiger partial charge in [0, 0.05) is 37.6 Å². The molecule has 0 aliphatic heterocycles. The fraction of sp³-hybridized carbons (Fsp3) is 0.368. The summed E-state index contributed by atoms with van der Waals surface area (Å²) in [5.74, 6) is 0.134. The van der Waals surface area contributed by atoms with Crippen LogP contribution in [0.5, 0.6) is 0 Å². The Morgan fingerprint density at radius 2 is 1.54 bits per heavy atom. The van der Waals surface area contributed by atoms with Gasteiger partial charge in [0.1, 0.15) is 5.69 Å². The Morgan fingerprint density at radius 1 is 0.962 bits per heavy atom. The second-order valence-corrected chi connectivity index (χ2v) is 5.94. The molecule has 0 saturated heterocycles. The highest BCUT2D eigenvalue weighted by molar-refractivity contribution is 6.03. The number of hydrogen-bond donors (Lipinski definition) is 2. The molecule has 2 aromatic rings. The van der Waals surface area contributed by atoms with Crippen molar-refractivity contribution in [1.82, 2.24) is 9.97 Å². The number of nitrogens with zero attached hydrogens (tertiary/aromatic N) is 3. The van der Waals surface area contributed by atoms with Gasteiger partial charge in [-0.1, -0.05) is 13.8 Å². The zero-order valence-corrected chi connectivity index (χ0v) is 15.5. The third-order valence-electron chi connectivity index (χ3n) is 3.61. The number of aromatic nitrogens is 2. The highest BCUT2D eigenvalue weighted by Crippen LogP contribution is 2.15. The molecule has 1 aromatic carbocycles. The van der Waals surface area contributed by atoms with Crippen molar-refractivity contribution in [2.75, 3.05) is 28.6 Å². The van der Waals surface area contributed by atoms with Gasteiger partial charge < -0.3 is 15.5 Å². The van der Waals surface area contributed by atoms with Gasteiger partial charge in [-0.15, -0.1) is 0 Å². The Bertz CT molecular complexity index is 740. The molecule has 0 bridgehead atoms. The van der Waals surface area contributed by atoms with Gasteiger partial charge in [0.25, 0.3) is 5.91 Å². The van der Waals surface area contributed by atoms with Crippen molar-refractivity contribution in [2.45, 2.75) is 33.6 Å². The van der Waals surface area contributed by atoms with Gasteiger partial charge in [0.2, 0.25) is 11.9 Å². The second-order valence-electron chi connectivity index (χ2n) is 5.94. The average Bonchev–Trinajstić information content (AvgIpc) is 2.63. The van der Waals surface area contributed by atoms with Crippen LogP contribution in [0.3, 0.4) is 0 Å². The summed E-state index contributed by atoms with van der Waals surface area (Å²) < 4.78 is 0. The Hall–Kier alpha value is -2.96. The van der Waals surface area contributed by atoms with Crippen molar-refractivity contribution in [3.63, 3.8) is 0 Å². The number of carbonyl (C=O) groups excluding carboxylic acids is 2. The maximum atomic E-state index is 12.5. The van der Waals surface area contributed by atoms with Crippen LogP contribution in [-0.2, 0) is 4.79 Å². The van der Waals surface area contributed by atoms with Crippen LogP contribution in [0.4, 0.5) is 17.3 Å². The predicted molar refractivity (Wildman–Crippen MR) is 104 cm³/mol. The van der Waals surface area contributed by atoms with E-state index in [0.717, 1.165) is 25.9 Å². The first-order chi connectivity index (χ1) is 12.5. The van der Waals surface area contributed by atoms with Gasteiger partial charge in [-0.05, 0) is 43.2 Å².